The van der Waals surface area contributed by atoms with Crippen LogP contribution in [0, 0.1) is 0 Å². The van der Waals surface area contributed by atoms with Crippen LogP contribution in [-0.4, -0.2) is 6.54 Å². The first-order valence-corrected chi connectivity index (χ1v) is 5.74. The molecule has 0 unspecified atom stereocenters. The molecule has 0 aliphatic rings. The lowest BCUT2D eigenvalue weighted by Crippen LogP contribution is -1.96. The fourth-order valence-corrected chi connectivity index (χ4v) is 1.68. The van der Waals surface area contributed by atoms with E-state index in [1.165, 1.54) is 23.1 Å². The summed E-state index contributed by atoms with van der Waals surface area (Å²) in [6.07, 6.45) is 5.54. The molecule has 0 spiro atoms. The lowest BCUT2D eigenvalue weighted by Gasteiger charge is -2.04. The smallest absolute Gasteiger partial charge is 0.00424 e. The molecule has 1 heteroatoms. The zero-order valence-electron chi connectivity index (χ0n) is 9.79. The summed E-state index contributed by atoms with van der Waals surface area (Å²) in [5.41, 5.74) is 9.57. The molecule has 1 rings (SSSR count). The van der Waals surface area contributed by atoms with Crippen molar-refractivity contribution in [3.63, 3.8) is 0 Å². The van der Waals surface area contributed by atoms with Crippen molar-refractivity contribution >= 4 is 5.57 Å². The number of hydrogen-bond donors (Lipinski definition) is 1. The topological polar surface area (TPSA) is 26.0 Å². The van der Waals surface area contributed by atoms with Gasteiger partial charge in [-0.05, 0) is 43.0 Å². The first-order chi connectivity index (χ1) is 7.27. The lowest BCUT2D eigenvalue weighted by molar-refractivity contribution is 0.921. The number of nitrogens with two attached hydrogens (primary N) is 1. The fourth-order valence-electron chi connectivity index (χ4n) is 1.68. The molecule has 0 aromatic heterocycles. The monoisotopic (exact) mass is 203 g/mol. The van der Waals surface area contributed by atoms with E-state index in [1.807, 2.05) is 0 Å². The van der Waals surface area contributed by atoms with Crippen LogP contribution in [0.5, 0.6) is 0 Å². The van der Waals surface area contributed by atoms with Crippen LogP contribution < -0.4 is 5.73 Å². The minimum atomic E-state index is 0.728. The Balaban J connectivity index is 2.80. The van der Waals surface area contributed by atoms with Crippen LogP contribution in [0.1, 0.15) is 37.8 Å². The first kappa shape index (κ1) is 12.0. The number of rotatable bonds is 5. The summed E-state index contributed by atoms with van der Waals surface area (Å²) in [5.74, 6) is 0. The van der Waals surface area contributed by atoms with Crippen LogP contribution in [0.4, 0.5) is 0 Å². The molecular formula is C14H21N. The Morgan fingerprint density at radius 3 is 2.87 bits per heavy atom. The van der Waals surface area contributed by atoms with E-state index >= 15 is 0 Å². The van der Waals surface area contributed by atoms with Gasteiger partial charge in [0.15, 0.2) is 0 Å². The Morgan fingerprint density at radius 1 is 1.40 bits per heavy atom. The van der Waals surface area contributed by atoms with E-state index in [4.69, 9.17) is 5.73 Å². The number of allylic oxidation sites excluding steroid dienone is 1. The van der Waals surface area contributed by atoms with Gasteiger partial charge in [0.1, 0.15) is 0 Å². The van der Waals surface area contributed by atoms with Gasteiger partial charge in [0.05, 0.1) is 0 Å². The van der Waals surface area contributed by atoms with E-state index < -0.39 is 0 Å². The maximum absolute atomic E-state index is 5.49. The molecule has 2 N–H and O–H groups in total. The molecule has 0 saturated heterocycles. The van der Waals surface area contributed by atoms with Crippen molar-refractivity contribution < 1.29 is 0 Å². The SMILES string of the molecule is CCCc1cccc(/C(C)=C/CCN)c1. The zero-order valence-corrected chi connectivity index (χ0v) is 9.79. The molecule has 0 saturated carbocycles. The summed E-state index contributed by atoms with van der Waals surface area (Å²) < 4.78 is 0. The minimum Gasteiger partial charge on any atom is -0.330 e. The summed E-state index contributed by atoms with van der Waals surface area (Å²) in [4.78, 5) is 0. The molecule has 15 heavy (non-hydrogen) atoms. The van der Waals surface area contributed by atoms with Crippen molar-refractivity contribution in [1.29, 1.82) is 0 Å². The molecule has 1 nitrogen and oxygen atoms in total. The van der Waals surface area contributed by atoms with Crippen molar-refractivity contribution in [2.24, 2.45) is 5.73 Å². The highest BCUT2D eigenvalue weighted by molar-refractivity contribution is 5.64. The normalized spacial score (nSPS) is 11.8. The average Bonchev–Trinajstić information content (AvgIpc) is 2.27. The third kappa shape index (κ3) is 3.88. The van der Waals surface area contributed by atoms with Crippen molar-refractivity contribution in [1.82, 2.24) is 0 Å². The third-order valence-electron chi connectivity index (χ3n) is 2.54. The van der Waals surface area contributed by atoms with Crippen LogP contribution in [0.15, 0.2) is 30.3 Å². The van der Waals surface area contributed by atoms with E-state index in [2.05, 4.69) is 44.2 Å². The van der Waals surface area contributed by atoms with Gasteiger partial charge in [-0.1, -0.05) is 43.7 Å². The molecule has 0 fully saturated rings. The van der Waals surface area contributed by atoms with E-state index in [9.17, 15) is 0 Å². The van der Waals surface area contributed by atoms with Crippen LogP contribution in [0.3, 0.4) is 0 Å². The van der Waals surface area contributed by atoms with Crippen molar-refractivity contribution in [2.75, 3.05) is 6.54 Å². The first-order valence-electron chi connectivity index (χ1n) is 5.74. The lowest BCUT2D eigenvalue weighted by atomic mass is 10.0. The highest BCUT2D eigenvalue weighted by Gasteiger charge is 1.97. The van der Waals surface area contributed by atoms with E-state index in [0.29, 0.717) is 0 Å². The summed E-state index contributed by atoms with van der Waals surface area (Å²) in [6, 6.07) is 8.79. The highest BCUT2D eigenvalue weighted by atomic mass is 14.5. The van der Waals surface area contributed by atoms with Crippen LogP contribution >= 0.6 is 0 Å². The quantitative estimate of drug-likeness (QED) is 0.780. The largest absolute Gasteiger partial charge is 0.330 e. The third-order valence-corrected chi connectivity index (χ3v) is 2.54. The molecule has 1 aromatic carbocycles. The molecule has 0 radical (unpaired) electrons. The Hall–Kier alpha value is -1.08. The predicted octanol–water partition coefficient (Wildman–Crippen LogP) is 3.39. The van der Waals surface area contributed by atoms with Gasteiger partial charge in [-0.3, -0.25) is 0 Å². The maximum atomic E-state index is 5.49. The van der Waals surface area contributed by atoms with E-state index in [-0.39, 0.29) is 0 Å². The highest BCUT2D eigenvalue weighted by Crippen LogP contribution is 2.16. The molecule has 0 amide bonds. The molecule has 0 heterocycles. The Bertz CT molecular complexity index is 326. The van der Waals surface area contributed by atoms with Gasteiger partial charge in [0.2, 0.25) is 0 Å². The molecule has 82 valence electrons. The van der Waals surface area contributed by atoms with Gasteiger partial charge < -0.3 is 5.73 Å². The minimum absolute atomic E-state index is 0.728. The summed E-state index contributed by atoms with van der Waals surface area (Å²) in [7, 11) is 0. The van der Waals surface area contributed by atoms with Crippen LogP contribution in [0.2, 0.25) is 0 Å². The van der Waals surface area contributed by atoms with E-state index in [0.717, 1.165) is 19.4 Å². The number of hydrogen-bond acceptors (Lipinski definition) is 1. The molecule has 0 bridgehead atoms. The van der Waals surface area contributed by atoms with Crippen molar-refractivity contribution in [3.05, 3.63) is 41.5 Å². The molecule has 0 aliphatic carbocycles. The van der Waals surface area contributed by atoms with Gasteiger partial charge in [-0.15, -0.1) is 0 Å². The standard InChI is InChI=1S/C14H21N/c1-3-6-13-8-4-9-14(11-13)12(2)7-5-10-15/h4,7-9,11H,3,5-6,10,15H2,1-2H3/b12-7+. The second-order valence-electron chi connectivity index (χ2n) is 3.91. The van der Waals surface area contributed by atoms with Crippen molar-refractivity contribution in [2.45, 2.75) is 33.1 Å². The molecule has 0 aliphatic heterocycles. The predicted molar refractivity (Wildman–Crippen MR) is 67.8 cm³/mol. The summed E-state index contributed by atoms with van der Waals surface area (Å²) in [5, 5.41) is 0. The zero-order chi connectivity index (χ0) is 11.1. The van der Waals surface area contributed by atoms with Crippen LogP contribution in [0.25, 0.3) is 5.57 Å². The molecule has 1 aromatic rings. The van der Waals surface area contributed by atoms with E-state index in [1.54, 1.807) is 0 Å². The Labute approximate surface area is 93.0 Å². The second-order valence-corrected chi connectivity index (χ2v) is 3.91. The van der Waals surface area contributed by atoms with Crippen molar-refractivity contribution in [3.8, 4) is 0 Å². The molecular weight excluding hydrogens is 182 g/mol. The number of aryl methyl sites for hydroxylation is 1. The summed E-state index contributed by atoms with van der Waals surface area (Å²) in [6.45, 7) is 5.09. The Kier molecular flexibility index (Phi) is 5.13. The Morgan fingerprint density at radius 2 is 2.20 bits per heavy atom. The number of benzene rings is 1. The second kappa shape index (κ2) is 6.41. The fraction of sp³-hybridized carbons (Fsp3) is 0.429. The summed E-state index contributed by atoms with van der Waals surface area (Å²) >= 11 is 0. The maximum Gasteiger partial charge on any atom is -0.00424 e. The van der Waals surface area contributed by atoms with Gasteiger partial charge in [-0.2, -0.15) is 0 Å². The van der Waals surface area contributed by atoms with Gasteiger partial charge >= 0.3 is 0 Å². The van der Waals surface area contributed by atoms with Gasteiger partial charge in [-0.25, -0.2) is 0 Å². The van der Waals surface area contributed by atoms with Crippen LogP contribution in [-0.2, 0) is 6.42 Å². The average molecular weight is 203 g/mol. The van der Waals surface area contributed by atoms with Gasteiger partial charge in [0, 0.05) is 0 Å². The van der Waals surface area contributed by atoms with Gasteiger partial charge in [0.25, 0.3) is 0 Å². The molecule has 0 atom stereocenters.